The summed E-state index contributed by atoms with van der Waals surface area (Å²) < 4.78 is 0. The molecule has 63 valence electrons. The molecule has 0 aliphatic rings. The molecular formula is C7H4Cl2NO2. The van der Waals surface area contributed by atoms with Crippen LogP contribution in [0.2, 0.25) is 10.0 Å². The fraction of sp³-hybridized carbons (Fsp3) is 0. The summed E-state index contributed by atoms with van der Waals surface area (Å²) in [7, 11) is 0. The second kappa shape index (κ2) is 4.18. The highest BCUT2D eigenvalue weighted by atomic mass is 35.5. The third-order valence-electron chi connectivity index (χ3n) is 1.10. The zero-order chi connectivity index (χ0) is 8.97. The van der Waals surface area contributed by atoms with Gasteiger partial charge < -0.3 is 4.84 Å². The van der Waals surface area contributed by atoms with Gasteiger partial charge in [0.15, 0.2) is 5.75 Å². The molecule has 0 aliphatic heterocycles. The number of amides is 1. The van der Waals surface area contributed by atoms with Gasteiger partial charge in [0.05, 0.1) is 10.0 Å². The van der Waals surface area contributed by atoms with E-state index in [0.717, 1.165) is 0 Å². The van der Waals surface area contributed by atoms with E-state index in [-0.39, 0.29) is 0 Å². The smallest absolute Gasteiger partial charge is 0.344 e. The van der Waals surface area contributed by atoms with Crippen LogP contribution in [0.4, 0.5) is 0 Å². The fourth-order valence-electron chi connectivity index (χ4n) is 0.620. The van der Waals surface area contributed by atoms with Gasteiger partial charge in [-0.05, 0) is 12.1 Å². The SMILES string of the molecule is O=[C]NOc1ccc(Cl)c(Cl)c1. The van der Waals surface area contributed by atoms with Crippen molar-refractivity contribution in [3.05, 3.63) is 28.2 Å². The van der Waals surface area contributed by atoms with E-state index in [4.69, 9.17) is 23.2 Å². The van der Waals surface area contributed by atoms with Gasteiger partial charge >= 0.3 is 6.41 Å². The standard InChI is InChI=1S/C7H4Cl2NO2/c8-6-2-1-5(3-7(6)9)12-10-4-11/h1-3H,(H,10,11). The van der Waals surface area contributed by atoms with Gasteiger partial charge in [-0.3, -0.25) is 4.79 Å². The monoisotopic (exact) mass is 204 g/mol. The Morgan fingerprint density at radius 1 is 1.33 bits per heavy atom. The Morgan fingerprint density at radius 3 is 2.67 bits per heavy atom. The van der Waals surface area contributed by atoms with E-state index in [1.54, 1.807) is 12.1 Å². The minimum Gasteiger partial charge on any atom is -0.379 e. The first kappa shape index (κ1) is 9.16. The molecular weight excluding hydrogens is 201 g/mol. The van der Waals surface area contributed by atoms with Crippen molar-refractivity contribution in [2.75, 3.05) is 0 Å². The average molecular weight is 205 g/mol. The van der Waals surface area contributed by atoms with Crippen molar-refractivity contribution in [3.8, 4) is 5.75 Å². The highest BCUT2D eigenvalue weighted by Gasteiger charge is 1.99. The van der Waals surface area contributed by atoms with E-state index < -0.39 is 0 Å². The molecule has 0 fully saturated rings. The lowest BCUT2D eigenvalue weighted by atomic mass is 10.3. The molecule has 5 heteroatoms. The topological polar surface area (TPSA) is 38.3 Å². The summed E-state index contributed by atoms with van der Waals surface area (Å²) in [6.07, 6.45) is 1.35. The van der Waals surface area contributed by atoms with Gasteiger partial charge in [0.25, 0.3) is 0 Å². The van der Waals surface area contributed by atoms with Gasteiger partial charge in [-0.2, -0.15) is 5.48 Å². The van der Waals surface area contributed by atoms with Gasteiger partial charge in [-0.25, -0.2) is 0 Å². The Hall–Kier alpha value is -0.930. The van der Waals surface area contributed by atoms with Crippen LogP contribution >= 0.6 is 23.2 Å². The number of carbonyl (C=O) groups excluding carboxylic acids is 1. The normalized spacial score (nSPS) is 9.17. The van der Waals surface area contributed by atoms with E-state index >= 15 is 0 Å². The van der Waals surface area contributed by atoms with Crippen molar-refractivity contribution in [3.63, 3.8) is 0 Å². The third kappa shape index (κ3) is 2.29. The van der Waals surface area contributed by atoms with Gasteiger partial charge in [-0.1, -0.05) is 23.2 Å². The third-order valence-corrected chi connectivity index (χ3v) is 1.84. The minimum atomic E-state index is 0.363. The molecule has 3 nitrogen and oxygen atoms in total. The molecule has 0 atom stereocenters. The quantitative estimate of drug-likeness (QED) is 0.604. The van der Waals surface area contributed by atoms with Crippen LogP contribution in [-0.4, -0.2) is 6.41 Å². The van der Waals surface area contributed by atoms with E-state index in [0.29, 0.717) is 15.8 Å². The summed E-state index contributed by atoms with van der Waals surface area (Å²) in [4.78, 5) is 14.4. The first-order valence-corrected chi connectivity index (χ1v) is 3.73. The van der Waals surface area contributed by atoms with Gasteiger partial charge in [0.2, 0.25) is 0 Å². The maximum Gasteiger partial charge on any atom is 0.344 e. The molecule has 1 N–H and O–H groups in total. The van der Waals surface area contributed by atoms with Crippen LogP contribution in [-0.2, 0) is 4.79 Å². The summed E-state index contributed by atoms with van der Waals surface area (Å²) in [5.41, 5.74) is 1.90. The van der Waals surface area contributed by atoms with Crippen LogP contribution in [0.5, 0.6) is 5.75 Å². The molecule has 12 heavy (non-hydrogen) atoms. The molecule has 0 heterocycles. The first-order valence-electron chi connectivity index (χ1n) is 2.98. The molecule has 1 radical (unpaired) electrons. The van der Waals surface area contributed by atoms with Crippen LogP contribution in [0.15, 0.2) is 18.2 Å². The first-order chi connectivity index (χ1) is 5.74. The van der Waals surface area contributed by atoms with Crippen molar-refractivity contribution >= 4 is 29.6 Å². The Morgan fingerprint density at radius 2 is 2.08 bits per heavy atom. The predicted octanol–water partition coefficient (Wildman–Crippen LogP) is 1.94. The molecule has 0 unspecified atom stereocenters. The summed E-state index contributed by atoms with van der Waals surface area (Å²) in [5, 5.41) is 0.793. The summed E-state index contributed by atoms with van der Waals surface area (Å²) in [5.74, 6) is 0.396. The minimum absolute atomic E-state index is 0.363. The highest BCUT2D eigenvalue weighted by molar-refractivity contribution is 6.42. The number of benzene rings is 1. The molecule has 0 saturated heterocycles. The number of hydrogen-bond acceptors (Lipinski definition) is 2. The summed E-state index contributed by atoms with van der Waals surface area (Å²) in [6.45, 7) is 0. The molecule has 1 aromatic carbocycles. The zero-order valence-corrected chi connectivity index (χ0v) is 7.32. The molecule has 1 rings (SSSR count). The molecule has 1 aromatic rings. The fourth-order valence-corrected chi connectivity index (χ4v) is 0.908. The zero-order valence-electron chi connectivity index (χ0n) is 5.80. The van der Waals surface area contributed by atoms with Crippen LogP contribution in [0.3, 0.4) is 0 Å². The van der Waals surface area contributed by atoms with Crippen molar-refractivity contribution in [1.82, 2.24) is 5.48 Å². The molecule has 0 bridgehead atoms. The number of nitrogens with one attached hydrogen (secondary N) is 1. The van der Waals surface area contributed by atoms with Gasteiger partial charge in [0.1, 0.15) is 0 Å². The lowest BCUT2D eigenvalue weighted by Crippen LogP contribution is -2.15. The van der Waals surface area contributed by atoms with E-state index in [1.165, 1.54) is 12.5 Å². The summed E-state index contributed by atoms with van der Waals surface area (Å²) >= 11 is 11.3. The molecule has 0 saturated carbocycles. The number of hydrogen-bond donors (Lipinski definition) is 1. The van der Waals surface area contributed by atoms with E-state index in [2.05, 4.69) is 4.84 Å². The highest BCUT2D eigenvalue weighted by Crippen LogP contribution is 2.25. The van der Waals surface area contributed by atoms with Crippen molar-refractivity contribution in [2.45, 2.75) is 0 Å². The second-order valence-electron chi connectivity index (χ2n) is 1.88. The molecule has 0 aliphatic carbocycles. The van der Waals surface area contributed by atoms with Crippen LogP contribution in [0.1, 0.15) is 0 Å². The van der Waals surface area contributed by atoms with Crippen molar-refractivity contribution in [2.24, 2.45) is 0 Å². The molecule has 0 aromatic heterocycles. The number of halogens is 2. The van der Waals surface area contributed by atoms with E-state index in [1.807, 2.05) is 5.48 Å². The Balaban J connectivity index is 2.75. The van der Waals surface area contributed by atoms with Gasteiger partial charge in [-0.15, -0.1) is 0 Å². The largest absolute Gasteiger partial charge is 0.379 e. The average Bonchev–Trinajstić information content (AvgIpc) is 2.07. The van der Waals surface area contributed by atoms with Crippen LogP contribution in [0.25, 0.3) is 0 Å². The second-order valence-corrected chi connectivity index (χ2v) is 2.70. The lowest BCUT2D eigenvalue weighted by Gasteiger charge is -2.02. The molecule has 0 spiro atoms. The molecule has 1 amide bonds. The number of rotatable bonds is 3. The van der Waals surface area contributed by atoms with E-state index in [9.17, 15) is 4.79 Å². The van der Waals surface area contributed by atoms with Crippen molar-refractivity contribution in [1.29, 1.82) is 0 Å². The Bertz CT molecular complexity index is 291. The summed E-state index contributed by atoms with van der Waals surface area (Å²) in [6, 6.07) is 4.61. The lowest BCUT2D eigenvalue weighted by molar-refractivity contribution is 0.254. The predicted molar refractivity (Wildman–Crippen MR) is 45.9 cm³/mol. The van der Waals surface area contributed by atoms with Crippen LogP contribution in [0, 0.1) is 0 Å². The van der Waals surface area contributed by atoms with Crippen molar-refractivity contribution < 1.29 is 9.63 Å². The Labute approximate surface area is 79.2 Å². The Kier molecular flexibility index (Phi) is 3.19. The maximum atomic E-state index is 9.71. The number of hydroxylamine groups is 1. The van der Waals surface area contributed by atoms with Crippen LogP contribution < -0.4 is 10.3 Å². The van der Waals surface area contributed by atoms with Gasteiger partial charge in [0, 0.05) is 6.07 Å². The maximum absolute atomic E-state index is 9.71.